The van der Waals surface area contributed by atoms with Crippen molar-refractivity contribution in [2.75, 3.05) is 55.4 Å². The smallest absolute Gasteiger partial charge is 0.231 e. The lowest BCUT2D eigenvalue weighted by atomic mass is 10.2. The molecule has 0 spiro atoms. The summed E-state index contributed by atoms with van der Waals surface area (Å²) in [6.07, 6.45) is 2.40. The zero-order chi connectivity index (χ0) is 15.1. The Hall–Kier alpha value is -1.63. The third-order valence-electron chi connectivity index (χ3n) is 3.22. The fraction of sp³-hybridized carbons (Fsp3) is 0.786. The van der Waals surface area contributed by atoms with Crippen molar-refractivity contribution >= 4 is 17.8 Å². The summed E-state index contributed by atoms with van der Waals surface area (Å²) in [5.41, 5.74) is 0. The summed E-state index contributed by atoms with van der Waals surface area (Å²) in [5.74, 6) is 2.50. The van der Waals surface area contributed by atoms with E-state index in [0.29, 0.717) is 31.0 Å². The topological polar surface area (TPSA) is 75.2 Å². The Labute approximate surface area is 126 Å². The molecule has 0 aliphatic carbocycles. The van der Waals surface area contributed by atoms with Crippen molar-refractivity contribution in [2.24, 2.45) is 5.92 Å². The summed E-state index contributed by atoms with van der Waals surface area (Å²) in [6.45, 7) is 8.44. The predicted molar refractivity (Wildman–Crippen MR) is 85.0 cm³/mol. The molecule has 0 bridgehead atoms. The van der Waals surface area contributed by atoms with Crippen molar-refractivity contribution < 1.29 is 4.74 Å². The minimum absolute atomic E-state index is 0.555. The molecule has 0 aromatic carbocycles. The lowest BCUT2D eigenvalue weighted by Gasteiger charge is -2.16. The highest BCUT2D eigenvalue weighted by molar-refractivity contribution is 5.44. The zero-order valence-electron chi connectivity index (χ0n) is 13.2. The molecule has 1 aliphatic rings. The van der Waals surface area contributed by atoms with Crippen molar-refractivity contribution in [3.8, 4) is 0 Å². The van der Waals surface area contributed by atoms with Crippen LogP contribution in [0.2, 0.25) is 0 Å². The molecule has 0 amide bonds. The first-order valence-corrected chi connectivity index (χ1v) is 7.69. The molecule has 1 aromatic heterocycles. The molecule has 118 valence electrons. The summed E-state index contributed by atoms with van der Waals surface area (Å²) in [7, 11) is 1.82. The van der Waals surface area contributed by atoms with Gasteiger partial charge in [-0.2, -0.15) is 15.0 Å². The highest BCUT2D eigenvalue weighted by Crippen LogP contribution is 2.18. The molecule has 1 aromatic rings. The van der Waals surface area contributed by atoms with E-state index < -0.39 is 0 Å². The Bertz CT molecular complexity index is 433. The maximum atomic E-state index is 5.54. The lowest BCUT2D eigenvalue weighted by molar-refractivity contribution is 0.118. The maximum Gasteiger partial charge on any atom is 0.231 e. The fourth-order valence-electron chi connectivity index (χ4n) is 2.17. The van der Waals surface area contributed by atoms with Crippen LogP contribution in [0.5, 0.6) is 0 Å². The van der Waals surface area contributed by atoms with Crippen LogP contribution in [0.1, 0.15) is 26.7 Å². The van der Waals surface area contributed by atoms with Crippen molar-refractivity contribution in [2.45, 2.75) is 26.7 Å². The Balaban J connectivity index is 1.90. The Kier molecular flexibility index (Phi) is 5.98. The van der Waals surface area contributed by atoms with E-state index in [-0.39, 0.29) is 0 Å². The molecule has 21 heavy (non-hydrogen) atoms. The summed E-state index contributed by atoms with van der Waals surface area (Å²) in [6, 6.07) is 0. The van der Waals surface area contributed by atoms with Crippen molar-refractivity contribution in [3.63, 3.8) is 0 Å². The van der Waals surface area contributed by atoms with E-state index in [9.17, 15) is 0 Å². The molecular formula is C14H26N6O. The van der Waals surface area contributed by atoms with Gasteiger partial charge in [0.25, 0.3) is 0 Å². The average Bonchev–Trinajstić information content (AvgIpc) is 3.00. The van der Waals surface area contributed by atoms with Crippen LogP contribution in [0.25, 0.3) is 0 Å². The second-order valence-electron chi connectivity index (χ2n) is 5.62. The number of hydrogen-bond acceptors (Lipinski definition) is 7. The van der Waals surface area contributed by atoms with Gasteiger partial charge in [-0.25, -0.2) is 0 Å². The Morgan fingerprint density at radius 3 is 2.52 bits per heavy atom. The summed E-state index contributed by atoms with van der Waals surface area (Å²) in [4.78, 5) is 15.4. The summed E-state index contributed by atoms with van der Waals surface area (Å²) in [5, 5.41) is 6.19. The SMILES string of the molecule is CNc1nc(NCCOCC(C)C)nc(N2CCCC2)n1. The fourth-order valence-corrected chi connectivity index (χ4v) is 2.17. The molecule has 2 N–H and O–H groups in total. The number of ether oxygens (including phenoxy) is 1. The normalized spacial score (nSPS) is 14.8. The standard InChI is InChI=1S/C14H26N6O/c1-11(2)10-21-9-6-16-13-17-12(15-3)18-14(19-13)20-7-4-5-8-20/h11H,4-10H2,1-3H3,(H2,15,16,17,18,19). The molecule has 0 radical (unpaired) electrons. The second kappa shape index (κ2) is 7.97. The molecule has 2 heterocycles. The lowest BCUT2D eigenvalue weighted by Crippen LogP contribution is -2.22. The van der Waals surface area contributed by atoms with E-state index in [1.54, 1.807) is 0 Å². The van der Waals surface area contributed by atoms with Gasteiger partial charge in [-0.15, -0.1) is 0 Å². The van der Waals surface area contributed by atoms with Gasteiger partial charge >= 0.3 is 0 Å². The number of anilines is 3. The minimum atomic E-state index is 0.555. The predicted octanol–water partition coefficient (Wildman–Crippen LogP) is 1.60. The quantitative estimate of drug-likeness (QED) is 0.705. The molecule has 0 unspecified atom stereocenters. The largest absolute Gasteiger partial charge is 0.379 e. The van der Waals surface area contributed by atoms with E-state index in [1.807, 2.05) is 7.05 Å². The van der Waals surface area contributed by atoms with Crippen LogP contribution in [-0.4, -0.2) is 54.8 Å². The van der Waals surface area contributed by atoms with E-state index >= 15 is 0 Å². The van der Waals surface area contributed by atoms with E-state index in [0.717, 1.165) is 25.6 Å². The highest BCUT2D eigenvalue weighted by Gasteiger charge is 2.17. The van der Waals surface area contributed by atoms with Gasteiger partial charge < -0.3 is 20.3 Å². The molecule has 2 rings (SSSR count). The van der Waals surface area contributed by atoms with Crippen LogP contribution < -0.4 is 15.5 Å². The molecule has 7 nitrogen and oxygen atoms in total. The molecule has 1 saturated heterocycles. The first-order valence-electron chi connectivity index (χ1n) is 7.69. The monoisotopic (exact) mass is 294 g/mol. The first-order chi connectivity index (χ1) is 10.2. The average molecular weight is 294 g/mol. The Morgan fingerprint density at radius 2 is 1.86 bits per heavy atom. The molecular weight excluding hydrogens is 268 g/mol. The van der Waals surface area contributed by atoms with E-state index in [1.165, 1.54) is 12.8 Å². The van der Waals surface area contributed by atoms with Gasteiger partial charge in [0.1, 0.15) is 0 Å². The van der Waals surface area contributed by atoms with Gasteiger partial charge in [0.05, 0.1) is 6.61 Å². The van der Waals surface area contributed by atoms with Gasteiger partial charge in [0.2, 0.25) is 17.8 Å². The number of rotatable bonds is 8. The molecule has 0 saturated carbocycles. The zero-order valence-corrected chi connectivity index (χ0v) is 13.2. The van der Waals surface area contributed by atoms with E-state index in [2.05, 4.69) is 44.3 Å². The summed E-state index contributed by atoms with van der Waals surface area (Å²) >= 11 is 0. The van der Waals surface area contributed by atoms with Crippen LogP contribution in [-0.2, 0) is 4.74 Å². The third-order valence-corrected chi connectivity index (χ3v) is 3.22. The Morgan fingerprint density at radius 1 is 1.14 bits per heavy atom. The number of aromatic nitrogens is 3. The molecule has 1 fully saturated rings. The van der Waals surface area contributed by atoms with Crippen molar-refractivity contribution in [1.82, 2.24) is 15.0 Å². The summed E-state index contributed by atoms with van der Waals surface area (Å²) < 4.78 is 5.54. The second-order valence-corrected chi connectivity index (χ2v) is 5.62. The molecule has 0 atom stereocenters. The molecule has 7 heteroatoms. The number of nitrogens with one attached hydrogen (secondary N) is 2. The molecule has 1 aliphatic heterocycles. The van der Waals surface area contributed by atoms with Crippen LogP contribution in [0.15, 0.2) is 0 Å². The maximum absolute atomic E-state index is 5.54. The number of nitrogens with zero attached hydrogens (tertiary/aromatic N) is 4. The van der Waals surface area contributed by atoms with Crippen molar-refractivity contribution in [3.05, 3.63) is 0 Å². The van der Waals surface area contributed by atoms with Gasteiger partial charge in [-0.3, -0.25) is 0 Å². The minimum Gasteiger partial charge on any atom is -0.379 e. The van der Waals surface area contributed by atoms with Gasteiger partial charge in [0.15, 0.2) is 0 Å². The van der Waals surface area contributed by atoms with Gasteiger partial charge in [-0.1, -0.05) is 13.8 Å². The van der Waals surface area contributed by atoms with Gasteiger partial charge in [-0.05, 0) is 18.8 Å². The van der Waals surface area contributed by atoms with Crippen LogP contribution >= 0.6 is 0 Å². The van der Waals surface area contributed by atoms with Gasteiger partial charge in [0, 0.05) is 33.3 Å². The van der Waals surface area contributed by atoms with E-state index in [4.69, 9.17) is 4.74 Å². The first kappa shape index (κ1) is 15.8. The van der Waals surface area contributed by atoms with Crippen LogP contribution in [0.4, 0.5) is 17.8 Å². The highest BCUT2D eigenvalue weighted by atomic mass is 16.5. The number of hydrogen-bond donors (Lipinski definition) is 2. The third kappa shape index (κ3) is 5.00. The van der Waals surface area contributed by atoms with Crippen LogP contribution in [0.3, 0.4) is 0 Å². The van der Waals surface area contributed by atoms with Crippen molar-refractivity contribution in [1.29, 1.82) is 0 Å². The van der Waals surface area contributed by atoms with Crippen LogP contribution in [0, 0.1) is 5.92 Å².